The maximum atomic E-state index is 13.7. The molecule has 4 bridgehead atoms. The zero-order chi connectivity index (χ0) is 19.6. The summed E-state index contributed by atoms with van der Waals surface area (Å²) in [5.41, 5.74) is 4.81. The van der Waals surface area contributed by atoms with Gasteiger partial charge in [0.25, 0.3) is 0 Å². The third kappa shape index (κ3) is 2.53. The molecule has 6 rings (SSSR count). The van der Waals surface area contributed by atoms with Crippen molar-refractivity contribution >= 4 is 18.6 Å². The molecule has 152 valence electrons. The van der Waals surface area contributed by atoms with Crippen molar-refractivity contribution in [3.63, 3.8) is 0 Å². The Morgan fingerprint density at radius 2 is 2.00 bits per heavy atom. The Labute approximate surface area is 167 Å². The van der Waals surface area contributed by atoms with Crippen molar-refractivity contribution in [3.8, 4) is 0 Å². The van der Waals surface area contributed by atoms with Crippen LogP contribution in [0.5, 0.6) is 0 Å². The number of fused-ring (bicyclic) bond motifs is 4. The van der Waals surface area contributed by atoms with Crippen LogP contribution in [0.4, 0.5) is 0 Å². The van der Waals surface area contributed by atoms with E-state index in [4.69, 9.17) is 9.05 Å². The molecule has 4 heterocycles. The summed E-state index contributed by atoms with van der Waals surface area (Å²) >= 11 is 0. The van der Waals surface area contributed by atoms with Gasteiger partial charge in [0.2, 0.25) is 0 Å². The van der Waals surface area contributed by atoms with Crippen LogP contribution in [0, 0.1) is 18.8 Å². The molecule has 3 aliphatic heterocycles. The number of aromatic nitrogens is 1. The van der Waals surface area contributed by atoms with E-state index in [2.05, 4.69) is 36.9 Å². The molecular weight excluding hydrogens is 371 g/mol. The van der Waals surface area contributed by atoms with E-state index in [-0.39, 0.29) is 0 Å². The lowest BCUT2D eigenvalue weighted by molar-refractivity contribution is -0.0138. The summed E-state index contributed by atoms with van der Waals surface area (Å²) < 4.78 is 26.7. The van der Waals surface area contributed by atoms with Gasteiger partial charge in [0.05, 0.1) is 5.52 Å². The number of benzene rings is 1. The molecule has 5 atom stereocenters. The van der Waals surface area contributed by atoms with E-state index in [1.54, 1.807) is 0 Å². The van der Waals surface area contributed by atoms with Gasteiger partial charge in [0, 0.05) is 50.3 Å². The second-order valence-electron chi connectivity index (χ2n) is 8.88. The standard InChI is InChI=1S/C22H31N2O3P/c1-5-16-11-15-12-19-21(16)23(13-15)9-8-17-18-10-14(2)6-7-20(18)24(22(17)19)28(25,26-3)27-4/h6-7,10,15-16,19,21H,5,8-9,11-13H2,1-4H3/t15-,16?,19+,21?/m0/s1. The Bertz CT molecular complexity index is 960. The smallest absolute Gasteiger partial charge is 0.299 e. The van der Waals surface area contributed by atoms with Crippen LogP contribution in [-0.4, -0.2) is 42.6 Å². The van der Waals surface area contributed by atoms with Gasteiger partial charge in [-0.15, -0.1) is 0 Å². The van der Waals surface area contributed by atoms with Crippen LogP contribution in [0.25, 0.3) is 10.9 Å². The average molecular weight is 402 g/mol. The largest absolute Gasteiger partial charge is 0.439 e. The first kappa shape index (κ1) is 18.9. The SMILES string of the molecule is CCC1C[C@H]2C[C@H]3c4c(c5cc(C)ccc5n4P(=O)(OC)OC)CCN(C2)C13. The molecule has 4 aliphatic rings. The lowest BCUT2D eigenvalue weighted by Gasteiger charge is -2.53. The number of rotatable bonds is 4. The number of hydrogen-bond acceptors (Lipinski definition) is 4. The summed E-state index contributed by atoms with van der Waals surface area (Å²) in [7, 11) is -0.421. The first-order valence-corrected chi connectivity index (χ1v) is 12.1. The van der Waals surface area contributed by atoms with Gasteiger partial charge < -0.3 is 0 Å². The number of aryl methyl sites for hydroxylation is 1. The third-order valence-corrected chi connectivity index (χ3v) is 9.35. The highest BCUT2D eigenvalue weighted by Gasteiger charge is 2.50. The van der Waals surface area contributed by atoms with Crippen molar-refractivity contribution in [1.29, 1.82) is 0 Å². The molecule has 0 amide bonds. The monoisotopic (exact) mass is 402 g/mol. The van der Waals surface area contributed by atoms with Crippen molar-refractivity contribution in [2.24, 2.45) is 11.8 Å². The minimum Gasteiger partial charge on any atom is -0.299 e. The molecule has 28 heavy (non-hydrogen) atoms. The van der Waals surface area contributed by atoms with Gasteiger partial charge in [0.1, 0.15) is 0 Å². The van der Waals surface area contributed by atoms with Crippen molar-refractivity contribution in [1.82, 2.24) is 9.24 Å². The fourth-order valence-electron chi connectivity index (χ4n) is 6.44. The summed E-state index contributed by atoms with van der Waals surface area (Å²) in [5, 5.41) is 1.22. The molecule has 0 radical (unpaired) electrons. The minimum atomic E-state index is -3.42. The average Bonchev–Trinajstić information content (AvgIpc) is 2.99. The maximum absolute atomic E-state index is 13.7. The lowest BCUT2D eigenvalue weighted by atomic mass is 9.65. The zero-order valence-electron chi connectivity index (χ0n) is 17.4. The molecule has 0 spiro atoms. The van der Waals surface area contributed by atoms with Crippen molar-refractivity contribution in [2.45, 2.75) is 51.5 Å². The van der Waals surface area contributed by atoms with Crippen LogP contribution in [0.2, 0.25) is 0 Å². The summed E-state index contributed by atoms with van der Waals surface area (Å²) in [5.74, 6) is 1.87. The number of piperidine rings is 2. The van der Waals surface area contributed by atoms with Crippen LogP contribution in [0.1, 0.15) is 48.9 Å². The maximum Gasteiger partial charge on any atom is 0.439 e. The van der Waals surface area contributed by atoms with Crippen LogP contribution in [0.15, 0.2) is 18.2 Å². The van der Waals surface area contributed by atoms with Gasteiger partial charge in [-0.2, -0.15) is 0 Å². The molecule has 6 heteroatoms. The van der Waals surface area contributed by atoms with Crippen molar-refractivity contribution in [3.05, 3.63) is 35.0 Å². The molecule has 1 saturated carbocycles. The van der Waals surface area contributed by atoms with E-state index in [1.165, 1.54) is 62.2 Å². The van der Waals surface area contributed by atoms with E-state index in [0.717, 1.165) is 30.3 Å². The molecule has 3 unspecified atom stereocenters. The van der Waals surface area contributed by atoms with E-state index >= 15 is 0 Å². The van der Waals surface area contributed by atoms with Crippen molar-refractivity contribution in [2.75, 3.05) is 27.3 Å². The Hall–Kier alpha value is -1.13. The molecule has 2 saturated heterocycles. The second kappa shape index (κ2) is 6.70. The topological polar surface area (TPSA) is 43.7 Å². The van der Waals surface area contributed by atoms with Crippen LogP contribution < -0.4 is 0 Å². The Balaban J connectivity index is 1.81. The van der Waals surface area contributed by atoms with Crippen LogP contribution in [-0.2, 0) is 20.0 Å². The first-order chi connectivity index (χ1) is 13.5. The summed E-state index contributed by atoms with van der Waals surface area (Å²) in [4.78, 5) is 2.73. The highest BCUT2D eigenvalue weighted by molar-refractivity contribution is 7.52. The molecule has 1 aliphatic carbocycles. The van der Waals surface area contributed by atoms with Gasteiger partial charge in [-0.25, -0.2) is 4.57 Å². The molecule has 1 aromatic heterocycles. The molecular formula is C22H31N2O3P. The molecule has 1 aromatic carbocycles. The van der Waals surface area contributed by atoms with Crippen molar-refractivity contribution < 1.29 is 13.6 Å². The Kier molecular flexibility index (Phi) is 4.52. The number of hydrogen-bond donors (Lipinski definition) is 0. The van der Waals surface area contributed by atoms with Gasteiger partial charge >= 0.3 is 7.75 Å². The first-order valence-electron chi connectivity index (χ1n) is 10.6. The van der Waals surface area contributed by atoms with Gasteiger partial charge in [0.15, 0.2) is 0 Å². The van der Waals surface area contributed by atoms with E-state index in [9.17, 15) is 4.57 Å². The highest BCUT2D eigenvalue weighted by atomic mass is 31.2. The van der Waals surface area contributed by atoms with E-state index < -0.39 is 7.75 Å². The Morgan fingerprint density at radius 1 is 1.21 bits per heavy atom. The zero-order valence-corrected chi connectivity index (χ0v) is 18.2. The lowest BCUT2D eigenvalue weighted by Crippen LogP contribution is -2.56. The third-order valence-electron chi connectivity index (χ3n) is 7.51. The fraction of sp³-hybridized carbons (Fsp3) is 0.636. The summed E-state index contributed by atoms with van der Waals surface area (Å²) in [6, 6.07) is 6.99. The second-order valence-corrected chi connectivity index (χ2v) is 10.9. The summed E-state index contributed by atoms with van der Waals surface area (Å²) in [6.45, 7) is 6.78. The predicted molar refractivity (Wildman–Crippen MR) is 112 cm³/mol. The van der Waals surface area contributed by atoms with E-state index in [1.807, 2.05) is 4.34 Å². The van der Waals surface area contributed by atoms with Crippen LogP contribution in [0.3, 0.4) is 0 Å². The quantitative estimate of drug-likeness (QED) is 0.678. The van der Waals surface area contributed by atoms with Crippen LogP contribution >= 0.6 is 7.75 Å². The number of nitrogens with zero attached hydrogens (tertiary/aromatic N) is 2. The van der Waals surface area contributed by atoms with Gasteiger partial charge in [-0.3, -0.25) is 18.3 Å². The fourth-order valence-corrected chi connectivity index (χ4v) is 7.89. The van der Waals surface area contributed by atoms with Gasteiger partial charge in [-0.05, 0) is 55.7 Å². The minimum absolute atomic E-state index is 0.404. The molecule has 5 nitrogen and oxygen atoms in total. The highest BCUT2D eigenvalue weighted by Crippen LogP contribution is 2.58. The van der Waals surface area contributed by atoms with Gasteiger partial charge in [-0.1, -0.05) is 25.0 Å². The predicted octanol–water partition coefficient (Wildman–Crippen LogP) is 4.96. The molecule has 0 N–H and O–H groups in total. The Morgan fingerprint density at radius 3 is 2.71 bits per heavy atom. The summed E-state index contributed by atoms with van der Waals surface area (Å²) in [6.07, 6.45) is 4.75. The normalized spacial score (nSPS) is 31.8. The molecule has 2 aromatic rings. The van der Waals surface area contributed by atoms with E-state index in [0.29, 0.717) is 12.0 Å². The molecule has 3 fully saturated rings.